The third-order valence-corrected chi connectivity index (χ3v) is 6.67. The molecule has 0 amide bonds. The van der Waals surface area contributed by atoms with Gasteiger partial charge in [-0.25, -0.2) is 0 Å². The van der Waals surface area contributed by atoms with Crippen LogP contribution in [0, 0.1) is 34.0 Å². The zero-order valence-electron chi connectivity index (χ0n) is 15.6. The minimum atomic E-state index is -1.37. The summed E-state index contributed by atoms with van der Waals surface area (Å²) in [5, 5.41) is 21.1. The molecular weight excluding hydrogens is 382 g/mol. The SMILES string of the molecule is N#CC1(C#N)C(c2ccc(Cl)cc2)C(C(=O)C2CC2)N2c3ccccc3C=CC21. The molecule has 3 atom stereocenters. The Morgan fingerprint density at radius 1 is 1.07 bits per heavy atom. The highest BCUT2D eigenvalue weighted by atomic mass is 35.5. The number of hydrogen-bond donors (Lipinski definition) is 0. The van der Waals surface area contributed by atoms with Gasteiger partial charge in [-0.15, -0.1) is 0 Å². The predicted octanol–water partition coefficient (Wildman–Crippen LogP) is 4.72. The van der Waals surface area contributed by atoms with E-state index in [0.717, 1.165) is 29.7 Å². The first-order valence-electron chi connectivity index (χ1n) is 9.78. The summed E-state index contributed by atoms with van der Waals surface area (Å²) >= 11 is 6.09. The molecule has 0 bridgehead atoms. The quantitative estimate of drug-likeness (QED) is 0.748. The molecule has 2 aliphatic heterocycles. The van der Waals surface area contributed by atoms with E-state index in [9.17, 15) is 15.3 Å². The Labute approximate surface area is 174 Å². The van der Waals surface area contributed by atoms with E-state index in [-0.39, 0.29) is 11.7 Å². The van der Waals surface area contributed by atoms with Crippen LogP contribution >= 0.6 is 11.6 Å². The van der Waals surface area contributed by atoms with E-state index in [1.807, 2.05) is 53.5 Å². The molecule has 0 spiro atoms. The lowest BCUT2D eigenvalue weighted by molar-refractivity contribution is -0.121. The molecule has 1 saturated heterocycles. The Morgan fingerprint density at radius 3 is 2.41 bits per heavy atom. The summed E-state index contributed by atoms with van der Waals surface area (Å²) in [5.41, 5.74) is 1.34. The third kappa shape index (κ3) is 2.53. The van der Waals surface area contributed by atoms with Crippen molar-refractivity contribution < 1.29 is 4.79 Å². The van der Waals surface area contributed by atoms with Gasteiger partial charge >= 0.3 is 0 Å². The summed E-state index contributed by atoms with van der Waals surface area (Å²) in [5.74, 6) is -0.405. The molecule has 1 aliphatic carbocycles. The highest BCUT2D eigenvalue weighted by Crippen LogP contribution is 2.56. The van der Waals surface area contributed by atoms with Gasteiger partial charge < -0.3 is 4.90 Å². The smallest absolute Gasteiger partial charge is 0.176 e. The Morgan fingerprint density at radius 2 is 1.76 bits per heavy atom. The van der Waals surface area contributed by atoms with Gasteiger partial charge in [0.05, 0.1) is 24.2 Å². The Hall–Kier alpha value is -3.08. The molecule has 29 heavy (non-hydrogen) atoms. The van der Waals surface area contributed by atoms with Gasteiger partial charge in [0.15, 0.2) is 11.2 Å². The lowest BCUT2D eigenvalue weighted by Crippen LogP contribution is -2.44. The second-order valence-corrected chi connectivity index (χ2v) is 8.45. The van der Waals surface area contributed by atoms with Gasteiger partial charge in [0.25, 0.3) is 0 Å². The summed E-state index contributed by atoms with van der Waals surface area (Å²) in [6, 6.07) is 18.7. The van der Waals surface area contributed by atoms with E-state index in [0.29, 0.717) is 5.02 Å². The van der Waals surface area contributed by atoms with Gasteiger partial charge in [0, 0.05) is 22.5 Å². The topological polar surface area (TPSA) is 67.9 Å². The fourth-order valence-corrected chi connectivity index (χ4v) is 5.04. The fraction of sp³-hybridized carbons (Fsp3) is 0.292. The summed E-state index contributed by atoms with van der Waals surface area (Å²) in [6.07, 6.45) is 5.64. The monoisotopic (exact) mass is 399 g/mol. The van der Waals surface area contributed by atoms with Crippen LogP contribution in [-0.2, 0) is 4.79 Å². The number of benzene rings is 2. The number of Topliss-reactive ketones (excluding diaryl/α,β-unsaturated/α-hetero) is 1. The highest BCUT2D eigenvalue weighted by molar-refractivity contribution is 6.30. The van der Waals surface area contributed by atoms with Gasteiger partial charge in [0.1, 0.15) is 0 Å². The highest BCUT2D eigenvalue weighted by Gasteiger charge is 2.64. The number of rotatable bonds is 3. The van der Waals surface area contributed by atoms with Crippen molar-refractivity contribution in [2.24, 2.45) is 11.3 Å². The van der Waals surface area contributed by atoms with Crippen LogP contribution in [0.3, 0.4) is 0 Å². The molecule has 2 heterocycles. The average molecular weight is 400 g/mol. The number of ketones is 1. The molecule has 3 aliphatic rings. The van der Waals surface area contributed by atoms with Crippen molar-refractivity contribution in [3.05, 3.63) is 70.8 Å². The molecular formula is C24H18ClN3O. The first-order chi connectivity index (χ1) is 14.1. The van der Waals surface area contributed by atoms with E-state index in [1.54, 1.807) is 12.1 Å². The molecule has 1 saturated carbocycles. The molecule has 2 aromatic carbocycles. The van der Waals surface area contributed by atoms with Crippen LogP contribution in [0.5, 0.6) is 0 Å². The van der Waals surface area contributed by atoms with Gasteiger partial charge in [-0.1, -0.05) is 54.1 Å². The number of carbonyl (C=O) groups excluding carboxylic acids is 1. The van der Waals surface area contributed by atoms with Crippen molar-refractivity contribution in [2.75, 3.05) is 4.90 Å². The number of nitriles is 2. The van der Waals surface area contributed by atoms with Crippen LogP contribution < -0.4 is 4.90 Å². The molecule has 5 rings (SSSR count). The molecule has 3 unspecified atom stereocenters. The van der Waals surface area contributed by atoms with Crippen LogP contribution in [0.1, 0.15) is 29.9 Å². The number of halogens is 1. The zero-order valence-corrected chi connectivity index (χ0v) is 16.4. The van der Waals surface area contributed by atoms with Crippen molar-refractivity contribution in [2.45, 2.75) is 30.8 Å². The number of para-hydroxylation sites is 1. The molecule has 0 radical (unpaired) electrons. The molecule has 5 heteroatoms. The Bertz CT molecular complexity index is 1090. The number of fused-ring (bicyclic) bond motifs is 3. The van der Waals surface area contributed by atoms with Crippen LogP contribution in [0.25, 0.3) is 6.08 Å². The van der Waals surface area contributed by atoms with Crippen molar-refractivity contribution in [3.8, 4) is 12.1 Å². The predicted molar refractivity (Wildman–Crippen MR) is 111 cm³/mol. The Balaban J connectivity index is 1.76. The molecule has 142 valence electrons. The standard InChI is InChI=1S/C24H18ClN3O/c25-18-10-7-16(8-11-18)21-22(23(29)17-5-6-17)28-19-4-2-1-3-15(19)9-12-20(28)24(21,13-26)14-27/h1-4,7-12,17,20-22H,5-6H2. The lowest BCUT2D eigenvalue weighted by atomic mass is 9.69. The van der Waals surface area contributed by atoms with Gasteiger partial charge in [-0.3, -0.25) is 4.79 Å². The lowest BCUT2D eigenvalue weighted by Gasteiger charge is -2.35. The number of anilines is 1. The normalized spacial score (nSPS) is 26.2. The minimum absolute atomic E-state index is 0.0155. The van der Waals surface area contributed by atoms with Crippen LogP contribution in [-0.4, -0.2) is 17.9 Å². The van der Waals surface area contributed by atoms with E-state index in [1.165, 1.54) is 0 Å². The first-order valence-corrected chi connectivity index (χ1v) is 10.2. The fourth-order valence-electron chi connectivity index (χ4n) is 4.91. The molecule has 2 fully saturated rings. The summed E-state index contributed by atoms with van der Waals surface area (Å²) in [4.78, 5) is 15.6. The molecule has 2 aromatic rings. The van der Waals surface area contributed by atoms with Gasteiger partial charge in [0.2, 0.25) is 0 Å². The average Bonchev–Trinajstić information content (AvgIpc) is 3.56. The van der Waals surface area contributed by atoms with Crippen LogP contribution in [0.15, 0.2) is 54.6 Å². The number of hydrogen-bond acceptors (Lipinski definition) is 4. The Kier molecular flexibility index (Phi) is 4.02. The van der Waals surface area contributed by atoms with Crippen molar-refractivity contribution in [3.63, 3.8) is 0 Å². The van der Waals surface area contributed by atoms with Crippen molar-refractivity contribution in [1.82, 2.24) is 0 Å². The van der Waals surface area contributed by atoms with E-state index < -0.39 is 23.4 Å². The van der Waals surface area contributed by atoms with E-state index in [2.05, 4.69) is 12.1 Å². The third-order valence-electron chi connectivity index (χ3n) is 6.42. The summed E-state index contributed by atoms with van der Waals surface area (Å²) in [7, 11) is 0. The minimum Gasteiger partial charge on any atom is -0.351 e. The zero-order chi connectivity index (χ0) is 20.2. The molecule has 4 nitrogen and oxygen atoms in total. The number of carbonyl (C=O) groups is 1. The van der Waals surface area contributed by atoms with Gasteiger partial charge in [-0.05, 0) is 42.2 Å². The summed E-state index contributed by atoms with van der Waals surface area (Å²) < 4.78 is 0. The van der Waals surface area contributed by atoms with Crippen molar-refractivity contribution in [1.29, 1.82) is 10.5 Å². The second kappa shape index (κ2) is 6.48. The maximum absolute atomic E-state index is 13.5. The van der Waals surface area contributed by atoms with Gasteiger partial charge in [-0.2, -0.15) is 10.5 Å². The number of nitrogens with zero attached hydrogens (tertiary/aromatic N) is 3. The maximum Gasteiger partial charge on any atom is 0.176 e. The largest absolute Gasteiger partial charge is 0.351 e. The van der Waals surface area contributed by atoms with E-state index >= 15 is 0 Å². The van der Waals surface area contributed by atoms with Crippen LogP contribution in [0.2, 0.25) is 5.02 Å². The summed E-state index contributed by atoms with van der Waals surface area (Å²) in [6.45, 7) is 0. The first kappa shape index (κ1) is 18.0. The second-order valence-electron chi connectivity index (χ2n) is 8.01. The van der Waals surface area contributed by atoms with E-state index in [4.69, 9.17) is 11.6 Å². The van der Waals surface area contributed by atoms with Crippen LogP contribution in [0.4, 0.5) is 5.69 Å². The molecule has 0 N–H and O–H groups in total. The maximum atomic E-state index is 13.5. The van der Waals surface area contributed by atoms with Crippen molar-refractivity contribution >= 4 is 29.1 Å². The molecule has 0 aromatic heterocycles.